The van der Waals surface area contributed by atoms with Gasteiger partial charge in [-0.15, -0.1) is 11.3 Å². The van der Waals surface area contributed by atoms with Gasteiger partial charge in [-0.25, -0.2) is 0 Å². The number of hydrogen-bond acceptors (Lipinski definition) is 4. The molecule has 0 aliphatic carbocycles. The van der Waals surface area contributed by atoms with Crippen molar-refractivity contribution < 1.29 is 4.74 Å². The van der Waals surface area contributed by atoms with E-state index in [4.69, 9.17) is 16.3 Å². The molecule has 0 aliphatic heterocycles. The molecule has 3 nitrogen and oxygen atoms in total. The molecule has 0 saturated carbocycles. The van der Waals surface area contributed by atoms with Gasteiger partial charge in [-0.2, -0.15) is 0 Å². The number of benzene rings is 1. The Morgan fingerprint density at radius 1 is 1.35 bits per heavy atom. The van der Waals surface area contributed by atoms with Crippen LogP contribution in [0.25, 0.3) is 0 Å². The van der Waals surface area contributed by atoms with Crippen LogP contribution in [-0.2, 0) is 13.2 Å². The normalized spacial score (nSPS) is 11.6. The van der Waals surface area contributed by atoms with Crippen LogP contribution in [0.4, 0.5) is 0 Å². The first-order valence-electron chi connectivity index (χ1n) is 6.48. The van der Waals surface area contributed by atoms with E-state index in [1.807, 2.05) is 18.2 Å². The van der Waals surface area contributed by atoms with Gasteiger partial charge in [0.15, 0.2) is 0 Å². The molecular formula is C15H19ClN2OS. The molecule has 1 heterocycles. The molecule has 2 rings (SSSR count). The molecule has 0 unspecified atom stereocenters. The molecule has 0 aliphatic rings. The number of aromatic nitrogens is 1. The van der Waals surface area contributed by atoms with Crippen molar-refractivity contribution in [2.75, 3.05) is 0 Å². The Morgan fingerprint density at radius 2 is 2.15 bits per heavy atom. The van der Waals surface area contributed by atoms with E-state index in [2.05, 4.69) is 31.1 Å². The van der Waals surface area contributed by atoms with Crippen molar-refractivity contribution >= 4 is 22.9 Å². The predicted octanol–water partition coefficient (Wildman–Crippen LogP) is 4.26. The topological polar surface area (TPSA) is 34.1 Å². The van der Waals surface area contributed by atoms with Crippen molar-refractivity contribution in [3.05, 3.63) is 45.4 Å². The maximum Gasteiger partial charge on any atom is 0.138 e. The third-order valence-electron chi connectivity index (χ3n) is 2.67. The van der Waals surface area contributed by atoms with Crippen LogP contribution in [-0.4, -0.2) is 10.5 Å². The first-order chi connectivity index (χ1) is 9.44. The highest BCUT2D eigenvalue weighted by Gasteiger charge is 2.09. The van der Waals surface area contributed by atoms with Gasteiger partial charge in [0.2, 0.25) is 0 Å². The van der Waals surface area contributed by atoms with Gasteiger partial charge in [0.05, 0.1) is 15.4 Å². The zero-order valence-electron chi connectivity index (χ0n) is 11.9. The molecule has 0 atom stereocenters. The quantitative estimate of drug-likeness (QED) is 0.896. The Hall–Kier alpha value is -1.10. The molecule has 108 valence electrons. The van der Waals surface area contributed by atoms with Crippen LogP contribution in [0.1, 0.15) is 31.2 Å². The second-order valence-corrected chi connectivity index (χ2v) is 7.00. The molecule has 0 amide bonds. The molecule has 0 spiro atoms. The van der Waals surface area contributed by atoms with Gasteiger partial charge in [-0.1, -0.05) is 17.7 Å². The fourth-order valence-corrected chi connectivity index (χ4v) is 2.36. The first kappa shape index (κ1) is 15.3. The van der Waals surface area contributed by atoms with Gasteiger partial charge in [-0.3, -0.25) is 4.98 Å². The Balaban J connectivity index is 1.95. The zero-order valence-corrected chi connectivity index (χ0v) is 13.5. The third-order valence-corrected chi connectivity index (χ3v) is 3.72. The monoisotopic (exact) mass is 310 g/mol. The van der Waals surface area contributed by atoms with E-state index in [1.54, 1.807) is 23.0 Å². The smallest absolute Gasteiger partial charge is 0.138 e. The lowest BCUT2D eigenvalue weighted by molar-refractivity contribution is 0.309. The summed E-state index contributed by atoms with van der Waals surface area (Å²) in [5.41, 5.74) is 3.03. The fraction of sp³-hybridized carbons (Fsp3) is 0.400. The van der Waals surface area contributed by atoms with E-state index in [0.717, 1.165) is 17.0 Å². The summed E-state index contributed by atoms with van der Waals surface area (Å²) in [4.78, 5) is 5.10. The SMILES string of the molecule is CC(C)(C)NCc1ccc(OCc2cncs2)c(Cl)c1. The number of thiazole rings is 1. The van der Waals surface area contributed by atoms with E-state index in [1.165, 1.54) is 0 Å². The predicted molar refractivity (Wildman–Crippen MR) is 84.5 cm³/mol. The fourth-order valence-electron chi connectivity index (χ4n) is 1.60. The van der Waals surface area contributed by atoms with Gasteiger partial charge in [0.1, 0.15) is 12.4 Å². The standard InChI is InChI=1S/C15H19ClN2OS/c1-15(2,3)18-7-11-4-5-14(13(16)6-11)19-9-12-8-17-10-20-12/h4-6,8,10,18H,7,9H2,1-3H3. The second kappa shape index (κ2) is 6.57. The largest absolute Gasteiger partial charge is 0.486 e. The molecule has 1 N–H and O–H groups in total. The minimum absolute atomic E-state index is 0.0911. The summed E-state index contributed by atoms with van der Waals surface area (Å²) in [6.07, 6.45) is 1.81. The third kappa shape index (κ3) is 4.78. The summed E-state index contributed by atoms with van der Waals surface area (Å²) >= 11 is 7.83. The van der Waals surface area contributed by atoms with E-state index >= 15 is 0 Å². The van der Waals surface area contributed by atoms with E-state index in [0.29, 0.717) is 17.4 Å². The lowest BCUT2D eigenvalue weighted by Crippen LogP contribution is -2.35. The molecular weight excluding hydrogens is 292 g/mol. The first-order valence-corrected chi connectivity index (χ1v) is 7.73. The summed E-state index contributed by atoms with van der Waals surface area (Å²) in [6, 6.07) is 5.90. The van der Waals surface area contributed by atoms with Crippen molar-refractivity contribution in [1.82, 2.24) is 10.3 Å². The molecule has 0 bridgehead atoms. The zero-order chi connectivity index (χ0) is 14.6. The van der Waals surface area contributed by atoms with Gasteiger partial charge in [0, 0.05) is 18.3 Å². The molecule has 0 radical (unpaired) electrons. The van der Waals surface area contributed by atoms with Crippen LogP contribution in [0.3, 0.4) is 0 Å². The molecule has 2 aromatic rings. The number of rotatable bonds is 5. The van der Waals surface area contributed by atoms with Crippen molar-refractivity contribution in [2.24, 2.45) is 0 Å². The van der Waals surface area contributed by atoms with Crippen LogP contribution in [0.5, 0.6) is 5.75 Å². The molecule has 5 heteroatoms. The number of halogens is 1. The molecule has 1 aromatic carbocycles. The number of nitrogens with one attached hydrogen (secondary N) is 1. The van der Waals surface area contributed by atoms with Crippen molar-refractivity contribution in [3.8, 4) is 5.75 Å². The Labute approximate surface area is 129 Å². The van der Waals surface area contributed by atoms with Crippen molar-refractivity contribution in [3.63, 3.8) is 0 Å². The van der Waals surface area contributed by atoms with Crippen LogP contribution < -0.4 is 10.1 Å². The van der Waals surface area contributed by atoms with Gasteiger partial charge < -0.3 is 10.1 Å². The lowest BCUT2D eigenvalue weighted by Gasteiger charge is -2.20. The second-order valence-electron chi connectivity index (χ2n) is 5.62. The summed E-state index contributed by atoms with van der Waals surface area (Å²) in [5.74, 6) is 0.708. The van der Waals surface area contributed by atoms with Crippen molar-refractivity contribution in [1.29, 1.82) is 0 Å². The van der Waals surface area contributed by atoms with Crippen LogP contribution in [0.15, 0.2) is 29.9 Å². The Morgan fingerprint density at radius 3 is 2.75 bits per heavy atom. The van der Waals surface area contributed by atoms with E-state index in [-0.39, 0.29) is 5.54 Å². The highest BCUT2D eigenvalue weighted by Crippen LogP contribution is 2.26. The average Bonchev–Trinajstić information content (AvgIpc) is 2.87. The minimum Gasteiger partial charge on any atom is -0.486 e. The van der Waals surface area contributed by atoms with Gasteiger partial charge in [-0.05, 0) is 38.5 Å². The molecule has 20 heavy (non-hydrogen) atoms. The summed E-state index contributed by atoms with van der Waals surface area (Å²) in [7, 11) is 0. The highest BCUT2D eigenvalue weighted by molar-refractivity contribution is 7.09. The molecule has 1 aromatic heterocycles. The Bertz CT molecular complexity index is 549. The van der Waals surface area contributed by atoms with Crippen LogP contribution in [0, 0.1) is 0 Å². The maximum absolute atomic E-state index is 6.25. The maximum atomic E-state index is 6.25. The van der Waals surface area contributed by atoms with Crippen LogP contribution >= 0.6 is 22.9 Å². The lowest BCUT2D eigenvalue weighted by atomic mass is 10.1. The number of nitrogens with zero attached hydrogens (tertiary/aromatic N) is 1. The summed E-state index contributed by atoms with van der Waals surface area (Å²) in [6.45, 7) is 7.71. The molecule has 0 fully saturated rings. The van der Waals surface area contributed by atoms with Gasteiger partial charge in [0.25, 0.3) is 0 Å². The summed E-state index contributed by atoms with van der Waals surface area (Å²) in [5, 5.41) is 4.07. The van der Waals surface area contributed by atoms with Crippen LogP contribution in [0.2, 0.25) is 5.02 Å². The molecule has 0 saturated heterocycles. The number of ether oxygens (including phenoxy) is 1. The minimum atomic E-state index is 0.0911. The Kier molecular flexibility index (Phi) is 5.02. The van der Waals surface area contributed by atoms with E-state index in [9.17, 15) is 0 Å². The van der Waals surface area contributed by atoms with Crippen molar-refractivity contribution in [2.45, 2.75) is 39.5 Å². The average molecular weight is 311 g/mol. The number of hydrogen-bond donors (Lipinski definition) is 1. The van der Waals surface area contributed by atoms with Gasteiger partial charge >= 0.3 is 0 Å². The highest BCUT2D eigenvalue weighted by atomic mass is 35.5. The van der Waals surface area contributed by atoms with E-state index < -0.39 is 0 Å². The summed E-state index contributed by atoms with van der Waals surface area (Å²) < 4.78 is 5.70.